The first-order chi connectivity index (χ1) is 11.1. The molecule has 2 aromatic heterocycles. The van der Waals surface area contributed by atoms with Gasteiger partial charge >= 0.3 is 5.69 Å². The van der Waals surface area contributed by atoms with Gasteiger partial charge in [-0.25, -0.2) is 4.98 Å². The third kappa shape index (κ3) is 3.51. The molecule has 0 aliphatic carbocycles. The van der Waals surface area contributed by atoms with Gasteiger partial charge in [0.05, 0.1) is 16.3 Å². The summed E-state index contributed by atoms with van der Waals surface area (Å²) in [4.78, 5) is 19.3. The molecular formula is C16H13N3O3S. The Balaban J connectivity index is 1.75. The van der Waals surface area contributed by atoms with Crippen LogP contribution in [0.2, 0.25) is 0 Å². The van der Waals surface area contributed by atoms with E-state index in [1.165, 1.54) is 17.4 Å². The molecule has 2 heterocycles. The molecule has 0 aliphatic rings. The third-order valence-electron chi connectivity index (χ3n) is 3.12. The smallest absolute Gasteiger partial charge is 0.311 e. The van der Waals surface area contributed by atoms with Crippen molar-refractivity contribution in [2.75, 3.05) is 0 Å². The van der Waals surface area contributed by atoms with Crippen LogP contribution in [0.4, 0.5) is 5.69 Å². The quantitative estimate of drug-likeness (QED) is 0.523. The number of aromatic nitrogens is 2. The molecule has 0 radical (unpaired) electrons. The Morgan fingerprint density at radius 1 is 1.30 bits per heavy atom. The fraction of sp³-hybridized carbons (Fsp3) is 0.125. The minimum absolute atomic E-state index is 0.0369. The van der Waals surface area contributed by atoms with Crippen LogP contribution in [0, 0.1) is 17.0 Å². The van der Waals surface area contributed by atoms with Gasteiger partial charge in [0.25, 0.3) is 0 Å². The third-order valence-corrected chi connectivity index (χ3v) is 4.04. The largest absolute Gasteiger partial charge is 0.480 e. The lowest BCUT2D eigenvalue weighted by molar-refractivity contribution is -0.386. The summed E-state index contributed by atoms with van der Waals surface area (Å²) in [6, 6.07) is 10.5. The number of nitrogens with zero attached hydrogens (tertiary/aromatic N) is 3. The number of ether oxygens (including phenoxy) is 1. The van der Waals surface area contributed by atoms with Gasteiger partial charge in [-0.3, -0.25) is 15.1 Å². The summed E-state index contributed by atoms with van der Waals surface area (Å²) in [5, 5.41) is 13.7. The van der Waals surface area contributed by atoms with Crippen LogP contribution >= 0.6 is 11.3 Å². The molecule has 0 amide bonds. The summed E-state index contributed by atoms with van der Waals surface area (Å²) in [5.41, 5.74) is 2.29. The van der Waals surface area contributed by atoms with E-state index in [-0.39, 0.29) is 18.0 Å². The normalized spacial score (nSPS) is 10.5. The number of thiazole rings is 1. The Hall–Kier alpha value is -2.80. The van der Waals surface area contributed by atoms with E-state index >= 15 is 0 Å². The first-order valence-corrected chi connectivity index (χ1v) is 7.75. The summed E-state index contributed by atoms with van der Waals surface area (Å²) in [5.74, 6) is 0.244. The highest BCUT2D eigenvalue weighted by Gasteiger charge is 2.15. The number of pyridine rings is 1. The van der Waals surface area contributed by atoms with E-state index in [0.29, 0.717) is 5.69 Å². The standard InChI is InChI=1S/C16H13N3O3S/c1-11-5-6-15(14(8-11)19(20)21)22-9-12-10-23-16(18-12)13-4-2-3-7-17-13/h2-8,10H,9H2,1H3. The predicted octanol–water partition coefficient (Wildman–Crippen LogP) is 4.00. The van der Waals surface area contributed by atoms with Gasteiger partial charge in [0.2, 0.25) is 0 Å². The number of hydrogen-bond donors (Lipinski definition) is 0. The molecule has 23 heavy (non-hydrogen) atoms. The van der Waals surface area contributed by atoms with E-state index in [4.69, 9.17) is 4.74 Å². The summed E-state index contributed by atoms with van der Waals surface area (Å²) in [6.07, 6.45) is 1.71. The first-order valence-electron chi connectivity index (χ1n) is 6.87. The average molecular weight is 327 g/mol. The molecule has 0 fully saturated rings. The maximum Gasteiger partial charge on any atom is 0.311 e. The Morgan fingerprint density at radius 2 is 2.17 bits per heavy atom. The molecule has 7 heteroatoms. The van der Waals surface area contributed by atoms with Crippen LogP contribution in [-0.4, -0.2) is 14.9 Å². The highest BCUT2D eigenvalue weighted by molar-refractivity contribution is 7.13. The van der Waals surface area contributed by atoms with Gasteiger partial charge in [-0.05, 0) is 30.7 Å². The van der Waals surface area contributed by atoms with Gasteiger partial charge < -0.3 is 4.74 Å². The molecule has 0 bridgehead atoms. The molecular weight excluding hydrogens is 314 g/mol. The van der Waals surface area contributed by atoms with E-state index in [9.17, 15) is 10.1 Å². The second-order valence-electron chi connectivity index (χ2n) is 4.88. The van der Waals surface area contributed by atoms with Crippen LogP contribution in [0.1, 0.15) is 11.3 Å². The van der Waals surface area contributed by atoms with Gasteiger partial charge in [-0.15, -0.1) is 11.3 Å². The molecule has 6 nitrogen and oxygen atoms in total. The summed E-state index contributed by atoms with van der Waals surface area (Å²) in [6.45, 7) is 1.98. The van der Waals surface area contributed by atoms with E-state index in [1.54, 1.807) is 25.3 Å². The van der Waals surface area contributed by atoms with Crippen molar-refractivity contribution in [2.24, 2.45) is 0 Å². The maximum absolute atomic E-state index is 11.1. The van der Waals surface area contributed by atoms with Crippen molar-refractivity contribution >= 4 is 17.0 Å². The zero-order chi connectivity index (χ0) is 16.2. The lowest BCUT2D eigenvalue weighted by atomic mass is 10.2. The molecule has 0 saturated heterocycles. The molecule has 0 aliphatic heterocycles. The van der Waals surface area contributed by atoms with Gasteiger partial charge in [0.15, 0.2) is 5.75 Å². The van der Waals surface area contributed by atoms with Crippen molar-refractivity contribution in [3.05, 3.63) is 69.3 Å². The van der Waals surface area contributed by atoms with Crippen LogP contribution in [0.5, 0.6) is 5.75 Å². The first kappa shape index (κ1) is 15.1. The zero-order valence-electron chi connectivity index (χ0n) is 12.3. The molecule has 0 saturated carbocycles. The fourth-order valence-corrected chi connectivity index (χ4v) is 2.80. The van der Waals surface area contributed by atoms with Gasteiger partial charge in [0, 0.05) is 17.6 Å². The van der Waals surface area contributed by atoms with Crippen LogP contribution in [-0.2, 0) is 6.61 Å². The minimum atomic E-state index is -0.442. The topological polar surface area (TPSA) is 78.2 Å². The second kappa shape index (κ2) is 6.53. The fourth-order valence-electron chi connectivity index (χ4n) is 2.02. The van der Waals surface area contributed by atoms with Gasteiger partial charge in [-0.1, -0.05) is 12.1 Å². The Morgan fingerprint density at radius 3 is 2.91 bits per heavy atom. The molecule has 0 atom stereocenters. The number of aryl methyl sites for hydroxylation is 1. The minimum Gasteiger partial charge on any atom is -0.480 e. The van der Waals surface area contributed by atoms with Gasteiger partial charge in [-0.2, -0.15) is 0 Å². The van der Waals surface area contributed by atoms with Crippen LogP contribution < -0.4 is 4.74 Å². The van der Waals surface area contributed by atoms with Crippen molar-refractivity contribution < 1.29 is 9.66 Å². The van der Waals surface area contributed by atoms with Gasteiger partial charge in [0.1, 0.15) is 11.6 Å². The Labute approximate surface area is 136 Å². The summed E-state index contributed by atoms with van der Waals surface area (Å²) >= 11 is 1.46. The number of benzene rings is 1. The van der Waals surface area contributed by atoms with E-state index in [0.717, 1.165) is 16.3 Å². The van der Waals surface area contributed by atoms with E-state index < -0.39 is 4.92 Å². The van der Waals surface area contributed by atoms with Crippen LogP contribution in [0.3, 0.4) is 0 Å². The molecule has 3 aromatic rings. The van der Waals surface area contributed by atoms with Crippen molar-refractivity contribution in [1.29, 1.82) is 0 Å². The van der Waals surface area contributed by atoms with Crippen molar-refractivity contribution in [3.63, 3.8) is 0 Å². The molecule has 0 N–H and O–H groups in total. The van der Waals surface area contributed by atoms with Crippen LogP contribution in [0.25, 0.3) is 10.7 Å². The highest BCUT2D eigenvalue weighted by atomic mass is 32.1. The lowest BCUT2D eigenvalue weighted by Crippen LogP contribution is -2.00. The highest BCUT2D eigenvalue weighted by Crippen LogP contribution is 2.29. The van der Waals surface area contributed by atoms with Crippen LogP contribution in [0.15, 0.2) is 48.0 Å². The number of rotatable bonds is 5. The second-order valence-corrected chi connectivity index (χ2v) is 5.73. The molecule has 3 rings (SSSR count). The molecule has 0 spiro atoms. The Bertz CT molecular complexity index is 834. The van der Waals surface area contributed by atoms with Crippen molar-refractivity contribution in [3.8, 4) is 16.5 Å². The van der Waals surface area contributed by atoms with Crippen molar-refractivity contribution in [1.82, 2.24) is 9.97 Å². The SMILES string of the molecule is Cc1ccc(OCc2csc(-c3ccccn3)n2)c([N+](=O)[O-])c1. The number of nitro benzene ring substituents is 1. The van der Waals surface area contributed by atoms with Crippen molar-refractivity contribution in [2.45, 2.75) is 13.5 Å². The maximum atomic E-state index is 11.1. The zero-order valence-corrected chi connectivity index (χ0v) is 13.1. The summed E-state index contributed by atoms with van der Waals surface area (Å²) < 4.78 is 5.57. The molecule has 1 aromatic carbocycles. The number of nitro groups is 1. The summed E-state index contributed by atoms with van der Waals surface area (Å²) in [7, 11) is 0. The lowest BCUT2D eigenvalue weighted by Gasteiger charge is -2.05. The van der Waals surface area contributed by atoms with E-state index in [1.807, 2.05) is 23.6 Å². The molecule has 116 valence electrons. The monoisotopic (exact) mass is 327 g/mol. The predicted molar refractivity (Wildman–Crippen MR) is 87.5 cm³/mol. The Kier molecular flexibility index (Phi) is 4.29. The number of hydrogen-bond acceptors (Lipinski definition) is 6. The average Bonchev–Trinajstić information content (AvgIpc) is 3.03. The molecule has 0 unspecified atom stereocenters. The van der Waals surface area contributed by atoms with E-state index in [2.05, 4.69) is 9.97 Å².